The third kappa shape index (κ3) is 2.53. The summed E-state index contributed by atoms with van der Waals surface area (Å²) in [6.07, 6.45) is 7.49. The zero-order chi connectivity index (χ0) is 12.3. The fourth-order valence-corrected chi connectivity index (χ4v) is 1.68. The van der Waals surface area contributed by atoms with E-state index in [2.05, 4.69) is 5.32 Å². The number of rotatable bonds is 2. The quantitative estimate of drug-likeness (QED) is 0.769. The lowest BCUT2D eigenvalue weighted by atomic mass is 10.1. The topological polar surface area (TPSA) is 55.1 Å². The van der Waals surface area contributed by atoms with Crippen molar-refractivity contribution in [1.29, 1.82) is 0 Å². The van der Waals surface area contributed by atoms with Gasteiger partial charge in [0.2, 0.25) is 0 Å². The monoisotopic (exact) mass is 232 g/mol. The summed E-state index contributed by atoms with van der Waals surface area (Å²) in [6, 6.07) is 4.20. The molecule has 0 saturated carbocycles. The highest BCUT2D eigenvalue weighted by molar-refractivity contribution is 6.00. The second-order valence-corrected chi connectivity index (χ2v) is 3.80. The summed E-state index contributed by atoms with van der Waals surface area (Å²) >= 11 is 0. The van der Waals surface area contributed by atoms with E-state index in [0.29, 0.717) is 5.70 Å². The number of benzene rings is 1. The molecule has 0 heterocycles. The van der Waals surface area contributed by atoms with Crippen molar-refractivity contribution in [3.8, 4) is 0 Å². The lowest BCUT2D eigenvalue weighted by molar-refractivity contribution is 0.0964. The van der Waals surface area contributed by atoms with E-state index in [-0.39, 0.29) is 11.3 Å². The molecule has 0 bridgehead atoms. The fraction of sp³-hybridized carbons (Fsp3) is 0.154. The van der Waals surface area contributed by atoms with Crippen LogP contribution in [0.4, 0.5) is 10.1 Å². The number of carbonyl (C=O) groups is 1. The van der Waals surface area contributed by atoms with Crippen LogP contribution >= 0.6 is 0 Å². The van der Waals surface area contributed by atoms with Gasteiger partial charge in [0.1, 0.15) is 5.82 Å². The molecule has 1 aromatic rings. The van der Waals surface area contributed by atoms with Gasteiger partial charge in [0.15, 0.2) is 0 Å². The molecule has 0 spiro atoms. The predicted molar refractivity (Wildman–Crippen MR) is 64.7 cm³/mol. The van der Waals surface area contributed by atoms with E-state index in [0.717, 1.165) is 12.8 Å². The first-order chi connectivity index (χ1) is 8.18. The number of halogens is 1. The van der Waals surface area contributed by atoms with Crippen LogP contribution in [0.15, 0.2) is 42.1 Å². The normalized spacial score (nSPS) is 14.3. The minimum absolute atomic E-state index is 0.104. The molecule has 0 fully saturated rings. The largest absolute Gasteiger partial charge is 0.398 e. The van der Waals surface area contributed by atoms with Crippen molar-refractivity contribution in [2.75, 3.05) is 5.73 Å². The van der Waals surface area contributed by atoms with Crippen molar-refractivity contribution >= 4 is 11.6 Å². The first-order valence-corrected chi connectivity index (χ1v) is 5.40. The van der Waals surface area contributed by atoms with Gasteiger partial charge >= 0.3 is 0 Å². The highest BCUT2D eigenvalue weighted by Gasteiger charge is 2.15. The molecule has 0 radical (unpaired) electrons. The van der Waals surface area contributed by atoms with Crippen molar-refractivity contribution in [2.45, 2.75) is 12.8 Å². The number of hydrogen-bond acceptors (Lipinski definition) is 2. The van der Waals surface area contributed by atoms with E-state index in [1.807, 2.05) is 12.2 Å². The molecule has 0 aliphatic heterocycles. The Balaban J connectivity index is 2.20. The zero-order valence-electron chi connectivity index (χ0n) is 9.24. The Hall–Kier alpha value is -2.10. The molecule has 0 atom stereocenters. The third-order valence-corrected chi connectivity index (χ3v) is 2.53. The minimum Gasteiger partial charge on any atom is -0.398 e. The molecule has 1 aliphatic rings. The van der Waals surface area contributed by atoms with Crippen molar-refractivity contribution in [1.82, 2.24) is 5.32 Å². The molecule has 1 amide bonds. The molecule has 88 valence electrons. The van der Waals surface area contributed by atoms with E-state index in [1.165, 1.54) is 18.2 Å². The van der Waals surface area contributed by atoms with Gasteiger partial charge in [-0.1, -0.05) is 18.2 Å². The number of anilines is 1. The highest BCUT2D eigenvalue weighted by Crippen LogP contribution is 2.16. The van der Waals surface area contributed by atoms with E-state index < -0.39 is 11.7 Å². The summed E-state index contributed by atoms with van der Waals surface area (Å²) in [4.78, 5) is 11.8. The van der Waals surface area contributed by atoms with Gasteiger partial charge in [-0.15, -0.1) is 0 Å². The maximum absolute atomic E-state index is 13.5. The number of nitrogen functional groups attached to an aromatic ring is 1. The summed E-state index contributed by atoms with van der Waals surface area (Å²) in [6.45, 7) is 0. The molecular formula is C13H13FN2O. The summed E-state index contributed by atoms with van der Waals surface area (Å²) in [7, 11) is 0. The van der Waals surface area contributed by atoms with Crippen LogP contribution in [0.25, 0.3) is 0 Å². The molecule has 3 N–H and O–H groups in total. The SMILES string of the molecule is Nc1cccc(F)c1C(=O)NC1=CCCC=C1. The molecular weight excluding hydrogens is 219 g/mol. The summed E-state index contributed by atoms with van der Waals surface area (Å²) in [5, 5.41) is 2.63. The van der Waals surface area contributed by atoms with Crippen LogP contribution in [-0.4, -0.2) is 5.91 Å². The Bertz CT molecular complexity index is 486. The summed E-state index contributed by atoms with van der Waals surface area (Å²) in [5.74, 6) is -1.12. The maximum Gasteiger partial charge on any atom is 0.260 e. The molecule has 3 nitrogen and oxygen atoms in total. The minimum atomic E-state index is -0.608. The Morgan fingerprint density at radius 2 is 2.18 bits per heavy atom. The standard InChI is InChI=1S/C13H13FN2O/c14-10-7-4-8-11(15)12(10)13(17)16-9-5-2-1-3-6-9/h2,4-8H,1,3,15H2,(H,16,17). The zero-order valence-corrected chi connectivity index (χ0v) is 9.24. The van der Waals surface area contributed by atoms with E-state index in [4.69, 9.17) is 5.73 Å². The second kappa shape index (κ2) is 4.82. The van der Waals surface area contributed by atoms with E-state index in [1.54, 1.807) is 6.08 Å². The number of amides is 1. The van der Waals surface area contributed by atoms with Gasteiger partial charge in [-0.05, 0) is 31.1 Å². The summed E-state index contributed by atoms with van der Waals surface area (Å²) < 4.78 is 13.5. The van der Waals surface area contributed by atoms with Gasteiger partial charge in [0.25, 0.3) is 5.91 Å². The molecule has 1 aliphatic carbocycles. The Morgan fingerprint density at radius 3 is 2.82 bits per heavy atom. The predicted octanol–water partition coefficient (Wildman–Crippen LogP) is 2.37. The molecule has 0 saturated heterocycles. The molecule has 1 aromatic carbocycles. The van der Waals surface area contributed by atoms with E-state index in [9.17, 15) is 9.18 Å². The molecule has 0 unspecified atom stereocenters. The first-order valence-electron chi connectivity index (χ1n) is 5.40. The number of allylic oxidation sites excluding steroid dienone is 3. The van der Waals surface area contributed by atoms with Crippen LogP contribution in [0.5, 0.6) is 0 Å². The van der Waals surface area contributed by atoms with Crippen LogP contribution < -0.4 is 11.1 Å². The highest BCUT2D eigenvalue weighted by atomic mass is 19.1. The number of nitrogens with two attached hydrogens (primary N) is 1. The van der Waals surface area contributed by atoms with Crippen molar-refractivity contribution in [3.05, 3.63) is 53.5 Å². The molecule has 4 heteroatoms. The third-order valence-electron chi connectivity index (χ3n) is 2.53. The van der Waals surface area contributed by atoms with Gasteiger partial charge in [0.05, 0.1) is 5.56 Å². The molecule has 17 heavy (non-hydrogen) atoms. The lowest BCUT2D eigenvalue weighted by Gasteiger charge is -2.11. The first kappa shape index (κ1) is 11.4. The van der Waals surface area contributed by atoms with Crippen LogP contribution in [-0.2, 0) is 0 Å². The van der Waals surface area contributed by atoms with E-state index >= 15 is 0 Å². The Labute approximate surface area is 98.8 Å². The van der Waals surface area contributed by atoms with Crippen molar-refractivity contribution in [2.24, 2.45) is 0 Å². The number of carbonyl (C=O) groups excluding carboxylic acids is 1. The second-order valence-electron chi connectivity index (χ2n) is 3.80. The Kier molecular flexibility index (Phi) is 3.23. The Morgan fingerprint density at radius 1 is 1.35 bits per heavy atom. The van der Waals surface area contributed by atoms with Crippen LogP contribution in [0.2, 0.25) is 0 Å². The van der Waals surface area contributed by atoms with Gasteiger partial charge in [-0.25, -0.2) is 4.39 Å². The average Bonchev–Trinajstić information content (AvgIpc) is 2.30. The van der Waals surface area contributed by atoms with Crippen LogP contribution in [0.1, 0.15) is 23.2 Å². The maximum atomic E-state index is 13.5. The van der Waals surface area contributed by atoms with Gasteiger partial charge < -0.3 is 11.1 Å². The van der Waals surface area contributed by atoms with Gasteiger partial charge in [-0.3, -0.25) is 4.79 Å². The lowest BCUT2D eigenvalue weighted by Crippen LogP contribution is -2.24. The number of hydrogen-bond donors (Lipinski definition) is 2. The molecule has 0 aromatic heterocycles. The van der Waals surface area contributed by atoms with Crippen LogP contribution in [0.3, 0.4) is 0 Å². The average molecular weight is 232 g/mol. The van der Waals surface area contributed by atoms with Gasteiger partial charge in [0, 0.05) is 11.4 Å². The van der Waals surface area contributed by atoms with Gasteiger partial charge in [-0.2, -0.15) is 0 Å². The number of nitrogens with one attached hydrogen (secondary N) is 1. The van der Waals surface area contributed by atoms with Crippen LogP contribution in [0, 0.1) is 5.82 Å². The van der Waals surface area contributed by atoms with Crippen molar-refractivity contribution in [3.63, 3.8) is 0 Å². The van der Waals surface area contributed by atoms with Crippen molar-refractivity contribution < 1.29 is 9.18 Å². The molecule has 2 rings (SSSR count). The summed E-state index contributed by atoms with van der Waals surface area (Å²) in [5.41, 5.74) is 6.31. The fourth-order valence-electron chi connectivity index (χ4n) is 1.68. The smallest absolute Gasteiger partial charge is 0.260 e.